The summed E-state index contributed by atoms with van der Waals surface area (Å²) in [7, 11) is 0. The fourth-order valence-electron chi connectivity index (χ4n) is 0.971. The molecule has 0 saturated carbocycles. The average Bonchev–Trinajstić information content (AvgIpc) is 2.17. The molecule has 0 bridgehead atoms. The van der Waals surface area contributed by atoms with E-state index in [-0.39, 0.29) is 19.1 Å². The number of aliphatic hydroxyl groups excluding tert-OH is 1. The molecule has 0 unspecified atom stereocenters. The normalized spacial score (nSPS) is 33.5. The van der Waals surface area contributed by atoms with E-state index in [1.54, 1.807) is 0 Å². The molecule has 0 spiro atoms. The molecule has 0 aliphatic carbocycles. The van der Waals surface area contributed by atoms with Gasteiger partial charge in [0.05, 0.1) is 12.6 Å². The summed E-state index contributed by atoms with van der Waals surface area (Å²) in [5.41, 5.74) is 5.31. The van der Waals surface area contributed by atoms with Crippen molar-refractivity contribution in [3.8, 4) is 0 Å². The lowest BCUT2D eigenvalue weighted by molar-refractivity contribution is -0.158. The first kappa shape index (κ1) is 7.46. The largest absolute Gasteiger partial charge is 0.396 e. The first-order valence-electron chi connectivity index (χ1n) is 3.03. The van der Waals surface area contributed by atoms with E-state index >= 15 is 0 Å². The monoisotopic (exact) mass is 146 g/mol. The van der Waals surface area contributed by atoms with Gasteiger partial charge in [-0.25, -0.2) is 5.06 Å². The fourth-order valence-corrected chi connectivity index (χ4v) is 0.971. The molecule has 58 valence electrons. The van der Waals surface area contributed by atoms with Gasteiger partial charge in [-0.1, -0.05) is 0 Å². The minimum atomic E-state index is -0.741. The van der Waals surface area contributed by atoms with Gasteiger partial charge in [-0.3, -0.25) is 10.0 Å². The average molecular weight is 146 g/mol. The lowest BCUT2D eigenvalue weighted by Gasteiger charge is -2.05. The van der Waals surface area contributed by atoms with Crippen LogP contribution in [0.4, 0.5) is 0 Å². The van der Waals surface area contributed by atoms with Gasteiger partial charge in [0.25, 0.3) is 5.91 Å². The van der Waals surface area contributed by atoms with Crippen molar-refractivity contribution in [3.63, 3.8) is 0 Å². The maximum absolute atomic E-state index is 10.7. The SMILES string of the molecule is N[C@@H]1C(=O)N(O)C[C@@H]1CO. The van der Waals surface area contributed by atoms with Gasteiger partial charge in [-0.05, 0) is 0 Å². The highest BCUT2D eigenvalue weighted by Crippen LogP contribution is 2.13. The number of amides is 1. The van der Waals surface area contributed by atoms with Crippen molar-refractivity contribution in [2.24, 2.45) is 11.7 Å². The number of hydroxylamine groups is 2. The van der Waals surface area contributed by atoms with E-state index in [0.29, 0.717) is 5.06 Å². The van der Waals surface area contributed by atoms with Crippen LogP contribution in [0, 0.1) is 5.92 Å². The summed E-state index contributed by atoms with van der Waals surface area (Å²) in [6, 6.07) is -0.741. The van der Waals surface area contributed by atoms with Gasteiger partial charge in [-0.15, -0.1) is 0 Å². The van der Waals surface area contributed by atoms with E-state index < -0.39 is 11.9 Å². The molecule has 1 saturated heterocycles. The molecule has 10 heavy (non-hydrogen) atoms. The molecule has 0 aromatic heterocycles. The highest BCUT2D eigenvalue weighted by atomic mass is 16.5. The smallest absolute Gasteiger partial charge is 0.263 e. The Bertz CT molecular complexity index is 150. The van der Waals surface area contributed by atoms with Crippen molar-refractivity contribution >= 4 is 5.91 Å². The zero-order valence-corrected chi connectivity index (χ0v) is 5.40. The third-order valence-electron chi connectivity index (χ3n) is 1.69. The lowest BCUT2D eigenvalue weighted by atomic mass is 10.1. The fraction of sp³-hybridized carbons (Fsp3) is 0.800. The summed E-state index contributed by atoms with van der Waals surface area (Å²) in [6.07, 6.45) is 0. The molecule has 0 aromatic rings. The van der Waals surface area contributed by atoms with Gasteiger partial charge < -0.3 is 10.8 Å². The number of aliphatic hydroxyl groups is 1. The van der Waals surface area contributed by atoms with Gasteiger partial charge in [0.2, 0.25) is 0 Å². The lowest BCUT2D eigenvalue weighted by Crippen LogP contribution is -2.35. The number of nitrogens with zero attached hydrogens (tertiary/aromatic N) is 1. The Morgan fingerprint density at radius 2 is 2.40 bits per heavy atom. The summed E-state index contributed by atoms with van der Waals surface area (Å²) in [4.78, 5) is 10.7. The Balaban J connectivity index is 2.61. The molecule has 1 aliphatic rings. The molecule has 4 N–H and O–H groups in total. The maximum atomic E-state index is 10.7. The van der Waals surface area contributed by atoms with E-state index in [1.807, 2.05) is 0 Å². The number of rotatable bonds is 1. The predicted octanol–water partition coefficient (Wildman–Crippen LogP) is -1.85. The van der Waals surface area contributed by atoms with Crippen molar-refractivity contribution in [2.45, 2.75) is 6.04 Å². The topological polar surface area (TPSA) is 86.8 Å². The van der Waals surface area contributed by atoms with Crippen LogP contribution in [0.1, 0.15) is 0 Å². The second kappa shape index (κ2) is 2.53. The number of carbonyl (C=O) groups is 1. The Hall–Kier alpha value is -0.650. The van der Waals surface area contributed by atoms with E-state index in [4.69, 9.17) is 16.0 Å². The van der Waals surface area contributed by atoms with Crippen molar-refractivity contribution in [3.05, 3.63) is 0 Å². The van der Waals surface area contributed by atoms with Gasteiger partial charge in [0.1, 0.15) is 0 Å². The van der Waals surface area contributed by atoms with Crippen molar-refractivity contribution in [1.29, 1.82) is 0 Å². The van der Waals surface area contributed by atoms with Crippen LogP contribution in [0.25, 0.3) is 0 Å². The molecule has 1 amide bonds. The van der Waals surface area contributed by atoms with Crippen LogP contribution in [-0.2, 0) is 4.79 Å². The molecular formula is C5H10N2O3. The molecule has 1 rings (SSSR count). The Morgan fingerprint density at radius 1 is 1.80 bits per heavy atom. The first-order chi connectivity index (χ1) is 4.66. The van der Waals surface area contributed by atoms with Crippen LogP contribution >= 0.6 is 0 Å². The third-order valence-corrected chi connectivity index (χ3v) is 1.69. The number of hydrogen-bond donors (Lipinski definition) is 3. The van der Waals surface area contributed by atoms with Gasteiger partial charge in [0, 0.05) is 12.5 Å². The summed E-state index contributed by atoms with van der Waals surface area (Å²) in [6.45, 7) is -0.0273. The predicted molar refractivity (Wildman–Crippen MR) is 32.1 cm³/mol. The Morgan fingerprint density at radius 3 is 2.60 bits per heavy atom. The number of nitrogens with two attached hydrogens (primary N) is 1. The molecule has 0 aromatic carbocycles. The van der Waals surface area contributed by atoms with E-state index in [2.05, 4.69) is 0 Å². The molecule has 2 atom stereocenters. The molecule has 0 radical (unpaired) electrons. The molecule has 1 fully saturated rings. The van der Waals surface area contributed by atoms with Crippen molar-refractivity contribution < 1.29 is 15.1 Å². The van der Waals surface area contributed by atoms with Crippen molar-refractivity contribution in [1.82, 2.24) is 5.06 Å². The zero-order chi connectivity index (χ0) is 7.72. The van der Waals surface area contributed by atoms with Gasteiger partial charge >= 0.3 is 0 Å². The second-order valence-corrected chi connectivity index (χ2v) is 2.39. The second-order valence-electron chi connectivity index (χ2n) is 2.39. The summed E-state index contributed by atoms with van der Waals surface area (Å²) in [5, 5.41) is 17.9. The quantitative estimate of drug-likeness (QED) is 0.379. The molecule has 1 heterocycles. The minimum Gasteiger partial charge on any atom is -0.396 e. The Kier molecular flexibility index (Phi) is 1.89. The van der Waals surface area contributed by atoms with Crippen LogP contribution < -0.4 is 5.73 Å². The van der Waals surface area contributed by atoms with Gasteiger partial charge in [0.15, 0.2) is 0 Å². The summed E-state index contributed by atoms with van der Waals surface area (Å²) < 4.78 is 0. The number of hydrogen-bond acceptors (Lipinski definition) is 4. The van der Waals surface area contributed by atoms with Crippen LogP contribution in [0.15, 0.2) is 0 Å². The van der Waals surface area contributed by atoms with Crippen LogP contribution in [-0.4, -0.2) is 40.5 Å². The van der Waals surface area contributed by atoms with E-state index in [1.165, 1.54) is 0 Å². The van der Waals surface area contributed by atoms with Crippen LogP contribution in [0.3, 0.4) is 0 Å². The minimum absolute atomic E-state index is 0.135. The highest BCUT2D eigenvalue weighted by Gasteiger charge is 2.36. The van der Waals surface area contributed by atoms with Gasteiger partial charge in [-0.2, -0.15) is 0 Å². The molecule has 1 aliphatic heterocycles. The van der Waals surface area contributed by atoms with Crippen molar-refractivity contribution in [2.75, 3.05) is 13.2 Å². The number of carbonyl (C=O) groups excluding carboxylic acids is 1. The molecule has 5 heteroatoms. The molecular weight excluding hydrogens is 136 g/mol. The third kappa shape index (κ3) is 0.985. The first-order valence-corrected chi connectivity index (χ1v) is 3.03. The maximum Gasteiger partial charge on any atom is 0.263 e. The van der Waals surface area contributed by atoms with Crippen LogP contribution in [0.5, 0.6) is 0 Å². The Labute approximate surface area is 58.0 Å². The standard InChI is InChI=1S/C5H10N2O3/c6-4-3(2-8)1-7(10)5(4)9/h3-4,8,10H,1-2,6H2/t3-,4+/m1/s1. The van der Waals surface area contributed by atoms with Crippen LogP contribution in [0.2, 0.25) is 0 Å². The van der Waals surface area contributed by atoms with E-state index in [9.17, 15) is 4.79 Å². The summed E-state index contributed by atoms with van der Waals surface area (Å²) in [5.74, 6) is -0.837. The zero-order valence-electron chi connectivity index (χ0n) is 5.40. The molecule has 5 nitrogen and oxygen atoms in total. The highest BCUT2D eigenvalue weighted by molar-refractivity contribution is 5.83. The summed E-state index contributed by atoms with van der Waals surface area (Å²) >= 11 is 0. The van der Waals surface area contributed by atoms with E-state index in [0.717, 1.165) is 0 Å².